The van der Waals surface area contributed by atoms with E-state index in [0.29, 0.717) is 24.6 Å². The van der Waals surface area contributed by atoms with Crippen molar-refractivity contribution in [2.45, 2.75) is 20.0 Å². The standard InChI is InChI=1S/C16H18N2O3/c1-11(19)18-10-13-5-4-6-17(13)9-12-7-15(20-2)16(21-3)8-14(12)18/h4-8H,9-10H2,1-3H3. The lowest BCUT2D eigenvalue weighted by Gasteiger charge is -2.22. The second-order valence-corrected chi connectivity index (χ2v) is 5.07. The van der Waals surface area contributed by atoms with Crippen molar-refractivity contribution in [2.75, 3.05) is 19.1 Å². The smallest absolute Gasteiger partial charge is 0.224 e. The molecular formula is C16H18N2O3. The Morgan fingerprint density at radius 2 is 1.86 bits per heavy atom. The Morgan fingerprint density at radius 1 is 1.14 bits per heavy atom. The predicted octanol–water partition coefficient (Wildman–Crippen LogP) is 2.42. The van der Waals surface area contributed by atoms with E-state index in [4.69, 9.17) is 9.47 Å². The van der Waals surface area contributed by atoms with Crippen LogP contribution in [0, 0.1) is 0 Å². The van der Waals surface area contributed by atoms with Crippen LogP contribution in [0.1, 0.15) is 18.2 Å². The quantitative estimate of drug-likeness (QED) is 0.851. The monoisotopic (exact) mass is 286 g/mol. The lowest BCUT2D eigenvalue weighted by atomic mass is 10.1. The van der Waals surface area contributed by atoms with Crippen LogP contribution >= 0.6 is 0 Å². The molecule has 5 nitrogen and oxygen atoms in total. The van der Waals surface area contributed by atoms with Crippen molar-refractivity contribution in [1.82, 2.24) is 4.57 Å². The van der Waals surface area contributed by atoms with Gasteiger partial charge in [0.25, 0.3) is 0 Å². The summed E-state index contributed by atoms with van der Waals surface area (Å²) in [6.07, 6.45) is 2.03. The van der Waals surface area contributed by atoms with E-state index in [2.05, 4.69) is 4.57 Å². The van der Waals surface area contributed by atoms with E-state index in [0.717, 1.165) is 16.9 Å². The Labute approximate surface area is 123 Å². The second kappa shape index (κ2) is 5.16. The number of benzene rings is 1. The zero-order valence-corrected chi connectivity index (χ0v) is 12.4. The number of ether oxygens (including phenoxy) is 2. The Hall–Kier alpha value is -2.43. The molecule has 1 amide bonds. The van der Waals surface area contributed by atoms with E-state index in [1.807, 2.05) is 30.5 Å². The molecule has 1 aromatic heterocycles. The number of carbonyl (C=O) groups is 1. The van der Waals surface area contributed by atoms with Crippen LogP contribution in [0.15, 0.2) is 30.5 Å². The number of methoxy groups -OCH3 is 2. The SMILES string of the molecule is COc1cc2c(cc1OC)N(C(C)=O)Cc1cccn1C2. The second-order valence-electron chi connectivity index (χ2n) is 5.07. The molecule has 0 spiro atoms. The van der Waals surface area contributed by atoms with Gasteiger partial charge in [-0.15, -0.1) is 0 Å². The number of nitrogens with zero attached hydrogens (tertiary/aromatic N) is 2. The average Bonchev–Trinajstić information content (AvgIpc) is 2.85. The Morgan fingerprint density at radius 3 is 2.52 bits per heavy atom. The normalized spacial score (nSPS) is 13.2. The van der Waals surface area contributed by atoms with Crippen LogP contribution in [0.2, 0.25) is 0 Å². The van der Waals surface area contributed by atoms with Gasteiger partial charge in [-0.05, 0) is 23.8 Å². The molecule has 21 heavy (non-hydrogen) atoms. The zero-order valence-electron chi connectivity index (χ0n) is 12.4. The predicted molar refractivity (Wildman–Crippen MR) is 79.9 cm³/mol. The van der Waals surface area contributed by atoms with Crippen molar-refractivity contribution in [3.8, 4) is 11.5 Å². The molecule has 1 aliphatic heterocycles. The van der Waals surface area contributed by atoms with Gasteiger partial charge in [0.05, 0.1) is 26.5 Å². The van der Waals surface area contributed by atoms with Crippen LogP contribution in [-0.4, -0.2) is 24.7 Å². The van der Waals surface area contributed by atoms with Gasteiger partial charge in [-0.3, -0.25) is 4.79 Å². The van der Waals surface area contributed by atoms with E-state index in [1.165, 1.54) is 0 Å². The molecular weight excluding hydrogens is 268 g/mol. The number of rotatable bonds is 2. The lowest BCUT2D eigenvalue weighted by Crippen LogP contribution is -2.28. The first-order valence-electron chi connectivity index (χ1n) is 6.81. The molecule has 0 bridgehead atoms. The van der Waals surface area contributed by atoms with E-state index < -0.39 is 0 Å². The molecule has 1 aromatic carbocycles. The minimum Gasteiger partial charge on any atom is -0.493 e. The molecule has 0 fully saturated rings. The first kappa shape index (κ1) is 13.5. The van der Waals surface area contributed by atoms with Gasteiger partial charge in [0.1, 0.15) is 0 Å². The van der Waals surface area contributed by atoms with E-state index >= 15 is 0 Å². The van der Waals surface area contributed by atoms with Crippen LogP contribution in [0.4, 0.5) is 5.69 Å². The van der Waals surface area contributed by atoms with Gasteiger partial charge in [-0.2, -0.15) is 0 Å². The van der Waals surface area contributed by atoms with Crippen molar-refractivity contribution in [3.63, 3.8) is 0 Å². The van der Waals surface area contributed by atoms with Crippen LogP contribution in [-0.2, 0) is 17.9 Å². The fourth-order valence-corrected chi connectivity index (χ4v) is 2.75. The number of aromatic nitrogens is 1. The summed E-state index contributed by atoms with van der Waals surface area (Å²) in [7, 11) is 3.22. The van der Waals surface area contributed by atoms with Gasteiger partial charge in [-0.25, -0.2) is 0 Å². The van der Waals surface area contributed by atoms with Gasteiger partial charge in [0, 0.05) is 31.4 Å². The summed E-state index contributed by atoms with van der Waals surface area (Å²) in [5.74, 6) is 1.32. The van der Waals surface area contributed by atoms with Gasteiger partial charge in [0.15, 0.2) is 11.5 Å². The van der Waals surface area contributed by atoms with Gasteiger partial charge < -0.3 is 18.9 Å². The minimum atomic E-state index is 0.0121. The van der Waals surface area contributed by atoms with Crippen molar-refractivity contribution in [1.29, 1.82) is 0 Å². The molecule has 0 unspecified atom stereocenters. The maximum absolute atomic E-state index is 12.0. The molecule has 0 radical (unpaired) electrons. The third-order valence-electron chi connectivity index (χ3n) is 3.84. The molecule has 0 N–H and O–H groups in total. The number of fused-ring (bicyclic) bond motifs is 2. The molecule has 0 atom stereocenters. The highest BCUT2D eigenvalue weighted by Crippen LogP contribution is 2.37. The number of anilines is 1. The van der Waals surface area contributed by atoms with Crippen molar-refractivity contribution in [2.24, 2.45) is 0 Å². The molecule has 5 heteroatoms. The van der Waals surface area contributed by atoms with Crippen molar-refractivity contribution >= 4 is 11.6 Å². The Balaban J connectivity index is 2.18. The van der Waals surface area contributed by atoms with Crippen molar-refractivity contribution in [3.05, 3.63) is 41.7 Å². The average molecular weight is 286 g/mol. The lowest BCUT2D eigenvalue weighted by molar-refractivity contribution is -0.116. The Bertz CT molecular complexity index is 691. The van der Waals surface area contributed by atoms with E-state index in [1.54, 1.807) is 26.0 Å². The van der Waals surface area contributed by atoms with Gasteiger partial charge >= 0.3 is 0 Å². The number of hydrogen-bond donors (Lipinski definition) is 0. The molecule has 2 heterocycles. The zero-order chi connectivity index (χ0) is 15.0. The van der Waals surface area contributed by atoms with E-state index in [9.17, 15) is 4.79 Å². The first-order chi connectivity index (χ1) is 10.1. The number of amides is 1. The summed E-state index contributed by atoms with van der Waals surface area (Å²) >= 11 is 0. The number of carbonyl (C=O) groups excluding carboxylic acids is 1. The highest BCUT2D eigenvalue weighted by molar-refractivity contribution is 5.93. The molecule has 3 rings (SSSR count). The third kappa shape index (κ3) is 2.24. The summed E-state index contributed by atoms with van der Waals surface area (Å²) in [6, 6.07) is 7.86. The maximum atomic E-state index is 12.0. The largest absolute Gasteiger partial charge is 0.493 e. The fourth-order valence-electron chi connectivity index (χ4n) is 2.75. The summed E-state index contributed by atoms with van der Waals surface area (Å²) < 4.78 is 12.9. The summed E-state index contributed by atoms with van der Waals surface area (Å²) in [6.45, 7) is 2.85. The van der Waals surface area contributed by atoms with Gasteiger partial charge in [-0.1, -0.05) is 0 Å². The summed E-state index contributed by atoms with van der Waals surface area (Å²) in [4.78, 5) is 13.8. The molecule has 0 saturated heterocycles. The molecule has 1 aliphatic rings. The first-order valence-corrected chi connectivity index (χ1v) is 6.81. The number of hydrogen-bond acceptors (Lipinski definition) is 3. The highest BCUT2D eigenvalue weighted by atomic mass is 16.5. The van der Waals surface area contributed by atoms with Crippen molar-refractivity contribution < 1.29 is 14.3 Å². The highest BCUT2D eigenvalue weighted by Gasteiger charge is 2.23. The topological polar surface area (TPSA) is 43.7 Å². The van der Waals surface area contributed by atoms with Crippen LogP contribution in [0.3, 0.4) is 0 Å². The van der Waals surface area contributed by atoms with Crippen LogP contribution in [0.25, 0.3) is 0 Å². The summed E-state index contributed by atoms with van der Waals surface area (Å²) in [5, 5.41) is 0. The maximum Gasteiger partial charge on any atom is 0.224 e. The molecule has 110 valence electrons. The summed E-state index contributed by atoms with van der Waals surface area (Å²) in [5.41, 5.74) is 3.03. The Kier molecular flexibility index (Phi) is 3.33. The van der Waals surface area contributed by atoms with Crippen LogP contribution < -0.4 is 14.4 Å². The fraction of sp³-hybridized carbons (Fsp3) is 0.312. The van der Waals surface area contributed by atoms with Crippen LogP contribution in [0.5, 0.6) is 11.5 Å². The minimum absolute atomic E-state index is 0.0121. The molecule has 0 aliphatic carbocycles. The van der Waals surface area contributed by atoms with Gasteiger partial charge in [0.2, 0.25) is 5.91 Å². The third-order valence-corrected chi connectivity index (χ3v) is 3.84. The molecule has 2 aromatic rings. The van der Waals surface area contributed by atoms with E-state index in [-0.39, 0.29) is 5.91 Å². The molecule has 0 saturated carbocycles.